The molecule has 0 atom stereocenters. The molecule has 0 fully saturated rings. The lowest BCUT2D eigenvalue weighted by molar-refractivity contribution is -0.109. The number of amides is 1. The summed E-state index contributed by atoms with van der Waals surface area (Å²) in [6.07, 6.45) is -2.44. The molecule has 0 saturated carbocycles. The first kappa shape index (κ1) is 11.5. The van der Waals surface area contributed by atoms with Gasteiger partial charge >= 0.3 is 6.18 Å². The van der Waals surface area contributed by atoms with E-state index >= 15 is 0 Å². The van der Waals surface area contributed by atoms with Gasteiger partial charge in [0, 0.05) is 5.70 Å². The van der Waals surface area contributed by atoms with Crippen LogP contribution in [0.4, 0.5) is 13.2 Å². The lowest BCUT2D eigenvalue weighted by Gasteiger charge is -2.06. The van der Waals surface area contributed by atoms with E-state index in [0.29, 0.717) is 6.08 Å². The highest BCUT2D eigenvalue weighted by molar-refractivity contribution is 5.52. The fourth-order valence-corrected chi connectivity index (χ4v) is 0.497. The van der Waals surface area contributed by atoms with Gasteiger partial charge in [0.25, 0.3) is 0 Å². The first-order chi connectivity index (χ1) is 5.91. The first-order valence-electron chi connectivity index (χ1n) is 3.22. The van der Waals surface area contributed by atoms with Crippen LogP contribution in [0, 0.1) is 0 Å². The molecule has 0 saturated heterocycles. The molecule has 0 heterocycles. The van der Waals surface area contributed by atoms with E-state index < -0.39 is 11.7 Å². The summed E-state index contributed by atoms with van der Waals surface area (Å²) in [6.45, 7) is 6.01. The average Bonchev–Trinajstić information content (AvgIpc) is 2.01. The molecule has 0 unspecified atom stereocenters. The standard InChI is InChI=1S/C8H8F3NO/c1-3-7(12-5-13)4-6(2)8(9,10)11/h3-5H,1-2H2,(H,12,13)/b7-4+. The molecule has 1 N–H and O–H groups in total. The van der Waals surface area contributed by atoms with Gasteiger partial charge in [0.1, 0.15) is 0 Å². The van der Waals surface area contributed by atoms with Crippen molar-refractivity contribution in [2.75, 3.05) is 0 Å². The predicted molar refractivity (Wildman–Crippen MR) is 42.7 cm³/mol. The number of hydrogen-bond acceptors (Lipinski definition) is 1. The Kier molecular flexibility index (Phi) is 3.97. The highest BCUT2D eigenvalue weighted by atomic mass is 19.4. The van der Waals surface area contributed by atoms with Gasteiger partial charge < -0.3 is 5.32 Å². The summed E-state index contributed by atoms with van der Waals surface area (Å²) in [4.78, 5) is 9.89. The smallest absolute Gasteiger partial charge is 0.329 e. The lowest BCUT2D eigenvalue weighted by atomic mass is 10.2. The van der Waals surface area contributed by atoms with Crippen molar-refractivity contribution >= 4 is 6.41 Å². The molecule has 13 heavy (non-hydrogen) atoms. The Hall–Kier alpha value is -1.52. The van der Waals surface area contributed by atoms with E-state index in [1.807, 2.05) is 5.32 Å². The third kappa shape index (κ3) is 4.15. The van der Waals surface area contributed by atoms with Gasteiger partial charge in [-0.05, 0) is 12.2 Å². The summed E-state index contributed by atoms with van der Waals surface area (Å²) in [5, 5.41) is 2.04. The topological polar surface area (TPSA) is 29.1 Å². The Labute approximate surface area is 73.4 Å². The van der Waals surface area contributed by atoms with Crippen molar-refractivity contribution in [2.45, 2.75) is 6.18 Å². The van der Waals surface area contributed by atoms with Crippen molar-refractivity contribution in [3.63, 3.8) is 0 Å². The van der Waals surface area contributed by atoms with Crippen LogP contribution in [0.15, 0.2) is 36.6 Å². The van der Waals surface area contributed by atoms with Crippen LogP contribution < -0.4 is 5.32 Å². The van der Waals surface area contributed by atoms with E-state index in [2.05, 4.69) is 13.2 Å². The van der Waals surface area contributed by atoms with Gasteiger partial charge in [-0.25, -0.2) is 0 Å². The van der Waals surface area contributed by atoms with Crippen molar-refractivity contribution in [1.82, 2.24) is 5.32 Å². The maximum atomic E-state index is 11.9. The van der Waals surface area contributed by atoms with Crippen LogP contribution in [0.25, 0.3) is 0 Å². The van der Waals surface area contributed by atoms with Crippen LogP contribution >= 0.6 is 0 Å². The van der Waals surface area contributed by atoms with Crippen molar-refractivity contribution < 1.29 is 18.0 Å². The second-order valence-corrected chi connectivity index (χ2v) is 2.09. The minimum absolute atomic E-state index is 0.0441. The molecule has 1 amide bonds. The number of rotatable bonds is 4. The van der Waals surface area contributed by atoms with Gasteiger partial charge in [-0.2, -0.15) is 13.2 Å². The molecule has 0 aliphatic rings. The van der Waals surface area contributed by atoms with Gasteiger partial charge in [0.2, 0.25) is 6.41 Å². The SMILES string of the molecule is C=C/C(=C\C(=C)C(F)(F)F)NC=O. The predicted octanol–water partition coefficient (Wildman–Crippen LogP) is 1.92. The van der Waals surface area contributed by atoms with Gasteiger partial charge in [-0.15, -0.1) is 0 Å². The zero-order valence-electron chi connectivity index (χ0n) is 6.69. The minimum atomic E-state index is -4.49. The number of alkyl halides is 3. The fraction of sp³-hybridized carbons (Fsp3) is 0.125. The molecule has 0 rings (SSSR count). The van der Waals surface area contributed by atoms with Crippen LogP contribution in [-0.2, 0) is 4.79 Å². The maximum Gasteiger partial charge on any atom is 0.415 e. The summed E-state index contributed by atoms with van der Waals surface area (Å²) in [6, 6.07) is 0. The fourth-order valence-electron chi connectivity index (χ4n) is 0.497. The van der Waals surface area contributed by atoms with Crippen LogP contribution in [-0.4, -0.2) is 12.6 Å². The molecule has 0 aromatic carbocycles. The molecule has 0 aliphatic carbocycles. The zero-order chi connectivity index (χ0) is 10.5. The van der Waals surface area contributed by atoms with E-state index in [9.17, 15) is 18.0 Å². The highest BCUT2D eigenvalue weighted by Gasteiger charge is 2.30. The van der Waals surface area contributed by atoms with Crippen molar-refractivity contribution in [2.24, 2.45) is 0 Å². The van der Waals surface area contributed by atoms with Crippen molar-refractivity contribution in [1.29, 1.82) is 0 Å². The van der Waals surface area contributed by atoms with Gasteiger partial charge in [0.15, 0.2) is 0 Å². The molecular formula is C8H8F3NO. The lowest BCUT2D eigenvalue weighted by Crippen LogP contribution is -2.13. The average molecular weight is 191 g/mol. The Morgan fingerprint density at radius 3 is 2.23 bits per heavy atom. The molecule has 5 heteroatoms. The van der Waals surface area contributed by atoms with Crippen LogP contribution in [0.3, 0.4) is 0 Å². The number of carbonyl (C=O) groups excluding carboxylic acids is 1. The monoisotopic (exact) mass is 191 g/mol. The van der Waals surface area contributed by atoms with Crippen LogP contribution in [0.2, 0.25) is 0 Å². The third-order valence-electron chi connectivity index (χ3n) is 1.14. The van der Waals surface area contributed by atoms with Crippen LogP contribution in [0.1, 0.15) is 0 Å². The quantitative estimate of drug-likeness (QED) is 0.533. The van der Waals surface area contributed by atoms with Gasteiger partial charge in [-0.1, -0.05) is 13.2 Å². The number of nitrogens with one attached hydrogen (secondary N) is 1. The van der Waals surface area contributed by atoms with E-state index in [4.69, 9.17) is 0 Å². The van der Waals surface area contributed by atoms with Gasteiger partial charge in [0.05, 0.1) is 5.57 Å². The maximum absolute atomic E-state index is 11.9. The van der Waals surface area contributed by atoms with Crippen molar-refractivity contribution in [3.05, 3.63) is 36.6 Å². The third-order valence-corrected chi connectivity index (χ3v) is 1.14. The largest absolute Gasteiger partial charge is 0.415 e. The van der Waals surface area contributed by atoms with E-state index in [0.717, 1.165) is 6.08 Å². The molecule has 0 aromatic heterocycles. The van der Waals surface area contributed by atoms with E-state index in [1.54, 1.807) is 0 Å². The molecule has 2 nitrogen and oxygen atoms in total. The Balaban J connectivity index is 4.60. The van der Waals surface area contributed by atoms with E-state index in [1.165, 1.54) is 0 Å². The zero-order valence-corrected chi connectivity index (χ0v) is 6.69. The van der Waals surface area contributed by atoms with E-state index in [-0.39, 0.29) is 12.1 Å². The molecule has 0 bridgehead atoms. The molecular weight excluding hydrogens is 183 g/mol. The minimum Gasteiger partial charge on any atom is -0.329 e. The second-order valence-electron chi connectivity index (χ2n) is 2.09. The molecule has 72 valence electrons. The summed E-state index contributed by atoms with van der Waals surface area (Å²) in [7, 11) is 0. The summed E-state index contributed by atoms with van der Waals surface area (Å²) >= 11 is 0. The second kappa shape index (κ2) is 4.49. The number of halogens is 3. The number of hydrogen-bond donors (Lipinski definition) is 1. The van der Waals surface area contributed by atoms with Crippen molar-refractivity contribution in [3.8, 4) is 0 Å². The summed E-state index contributed by atoms with van der Waals surface area (Å²) in [5.41, 5.74) is -1.09. The molecule has 0 radical (unpaired) electrons. The molecule has 0 spiro atoms. The molecule has 0 aromatic rings. The number of carbonyl (C=O) groups is 1. The molecule has 0 aliphatic heterocycles. The number of allylic oxidation sites excluding steroid dienone is 3. The van der Waals surface area contributed by atoms with Gasteiger partial charge in [-0.3, -0.25) is 4.79 Å². The Bertz CT molecular complexity index is 253. The Morgan fingerprint density at radius 1 is 1.38 bits per heavy atom. The highest BCUT2D eigenvalue weighted by Crippen LogP contribution is 2.25. The first-order valence-corrected chi connectivity index (χ1v) is 3.22. The summed E-state index contributed by atoms with van der Waals surface area (Å²) in [5.74, 6) is 0. The normalized spacial score (nSPS) is 12.1. The Morgan fingerprint density at radius 2 is 1.92 bits per heavy atom. The van der Waals surface area contributed by atoms with Crippen LogP contribution in [0.5, 0.6) is 0 Å². The summed E-state index contributed by atoms with van der Waals surface area (Å²) < 4.78 is 35.7.